The summed E-state index contributed by atoms with van der Waals surface area (Å²) in [5.74, 6) is 0. The largest absolute Gasteiger partial charge is 0.387 e. The highest BCUT2D eigenvalue weighted by molar-refractivity contribution is 6.35. The molecule has 0 aliphatic rings. The Labute approximate surface area is 127 Å². The quantitative estimate of drug-likeness (QED) is 0.784. The number of nitrogens with zero attached hydrogens (tertiary/aromatic N) is 1. The summed E-state index contributed by atoms with van der Waals surface area (Å²) in [6.07, 6.45) is -0.763. The summed E-state index contributed by atoms with van der Waals surface area (Å²) in [6, 6.07) is 16.4. The molecule has 0 saturated heterocycles. The van der Waals surface area contributed by atoms with Crippen molar-refractivity contribution in [3.63, 3.8) is 0 Å². The fourth-order valence-electron chi connectivity index (χ4n) is 2.49. The van der Waals surface area contributed by atoms with E-state index in [0.717, 1.165) is 5.39 Å². The van der Waals surface area contributed by atoms with Crippen LogP contribution in [0.5, 0.6) is 0 Å². The summed E-state index contributed by atoms with van der Waals surface area (Å²) in [7, 11) is 0. The van der Waals surface area contributed by atoms with Gasteiger partial charge in [0.05, 0.1) is 22.2 Å². The minimum absolute atomic E-state index is 0.222. The zero-order chi connectivity index (χ0) is 15.0. The first-order valence-electron chi connectivity index (χ1n) is 6.67. The molecule has 0 fully saturated rings. The summed E-state index contributed by atoms with van der Waals surface area (Å²) in [5.41, 5.74) is 1.03. The topological polar surface area (TPSA) is 42.2 Å². The van der Waals surface area contributed by atoms with Gasteiger partial charge < -0.3 is 5.11 Å². The molecule has 106 valence electrons. The van der Waals surface area contributed by atoms with E-state index >= 15 is 0 Å². The number of aromatic nitrogens is 1. The Hall–Kier alpha value is -2.10. The van der Waals surface area contributed by atoms with Gasteiger partial charge in [0.25, 0.3) is 5.56 Å². The maximum Gasteiger partial charge on any atom is 0.264 e. The molecule has 1 atom stereocenters. The lowest BCUT2D eigenvalue weighted by Gasteiger charge is -2.17. The predicted octanol–water partition coefficient (Wildman–Crippen LogP) is 3.70. The molecule has 0 amide bonds. The summed E-state index contributed by atoms with van der Waals surface area (Å²) in [5, 5.41) is 11.6. The molecule has 0 aliphatic heterocycles. The molecule has 0 saturated carbocycles. The van der Waals surface area contributed by atoms with E-state index < -0.39 is 6.10 Å². The van der Waals surface area contributed by atoms with Crippen molar-refractivity contribution in [2.45, 2.75) is 13.0 Å². The van der Waals surface area contributed by atoms with Crippen LogP contribution in [0, 0.1) is 0 Å². The van der Waals surface area contributed by atoms with Crippen LogP contribution in [0.3, 0.4) is 0 Å². The number of aliphatic hydroxyl groups is 1. The Morgan fingerprint density at radius 3 is 2.48 bits per heavy atom. The molecule has 3 nitrogen and oxygen atoms in total. The Morgan fingerprint density at radius 1 is 1.10 bits per heavy atom. The molecule has 0 spiro atoms. The van der Waals surface area contributed by atoms with Gasteiger partial charge in [-0.05, 0) is 36.6 Å². The second-order valence-electron chi connectivity index (χ2n) is 4.93. The Morgan fingerprint density at radius 2 is 1.81 bits per heavy atom. The van der Waals surface area contributed by atoms with E-state index in [4.69, 9.17) is 11.6 Å². The molecule has 1 aromatic heterocycles. The summed E-state index contributed by atoms with van der Waals surface area (Å²) in [6.45, 7) is 1.64. The van der Waals surface area contributed by atoms with Crippen molar-refractivity contribution in [3.8, 4) is 5.69 Å². The van der Waals surface area contributed by atoms with Gasteiger partial charge in [-0.2, -0.15) is 0 Å². The van der Waals surface area contributed by atoms with Gasteiger partial charge >= 0.3 is 0 Å². The number of hydrogen-bond acceptors (Lipinski definition) is 2. The molecule has 2 aromatic carbocycles. The van der Waals surface area contributed by atoms with E-state index in [-0.39, 0.29) is 5.56 Å². The van der Waals surface area contributed by atoms with Crippen molar-refractivity contribution in [1.82, 2.24) is 4.57 Å². The Balaban J connectivity index is 2.47. The molecule has 1 unspecified atom stereocenters. The van der Waals surface area contributed by atoms with E-state index in [2.05, 4.69) is 0 Å². The van der Waals surface area contributed by atoms with Crippen LogP contribution in [-0.2, 0) is 0 Å². The fraction of sp³-hybridized carbons (Fsp3) is 0.118. The van der Waals surface area contributed by atoms with Crippen molar-refractivity contribution in [2.24, 2.45) is 0 Å². The highest BCUT2D eigenvalue weighted by atomic mass is 35.5. The molecule has 0 radical (unpaired) electrons. The number of aliphatic hydroxyl groups excluding tert-OH is 1. The van der Waals surface area contributed by atoms with Gasteiger partial charge in [-0.3, -0.25) is 9.36 Å². The standard InChI is InChI=1S/C17H14ClNO2/c1-11(20)15-10-12-6-5-9-14(18)16(12)17(21)19(15)13-7-3-2-4-8-13/h2-11,20H,1H3. The zero-order valence-electron chi connectivity index (χ0n) is 11.5. The number of benzene rings is 2. The van der Waals surface area contributed by atoms with Crippen LogP contribution in [0.15, 0.2) is 59.4 Å². The van der Waals surface area contributed by atoms with Crippen LogP contribution in [0.2, 0.25) is 5.02 Å². The first-order valence-corrected chi connectivity index (χ1v) is 7.05. The maximum atomic E-state index is 12.8. The van der Waals surface area contributed by atoms with Crippen LogP contribution < -0.4 is 5.56 Å². The number of para-hydroxylation sites is 1. The molecule has 0 bridgehead atoms. The number of hydrogen-bond donors (Lipinski definition) is 1. The van der Waals surface area contributed by atoms with Crippen molar-refractivity contribution in [1.29, 1.82) is 0 Å². The highest BCUT2D eigenvalue weighted by Gasteiger charge is 2.15. The minimum atomic E-state index is -0.763. The van der Waals surface area contributed by atoms with Gasteiger partial charge in [0.2, 0.25) is 0 Å². The van der Waals surface area contributed by atoms with E-state index in [1.807, 2.05) is 36.4 Å². The van der Waals surface area contributed by atoms with Crippen LogP contribution in [0.25, 0.3) is 16.5 Å². The van der Waals surface area contributed by atoms with E-state index in [1.165, 1.54) is 4.57 Å². The lowest BCUT2D eigenvalue weighted by molar-refractivity contribution is 0.191. The molecular formula is C17H14ClNO2. The molecule has 3 rings (SSSR count). The molecule has 4 heteroatoms. The smallest absolute Gasteiger partial charge is 0.264 e. The summed E-state index contributed by atoms with van der Waals surface area (Å²) < 4.78 is 1.51. The minimum Gasteiger partial charge on any atom is -0.387 e. The van der Waals surface area contributed by atoms with E-state index in [9.17, 15) is 9.90 Å². The van der Waals surface area contributed by atoms with Gasteiger partial charge in [-0.15, -0.1) is 0 Å². The van der Waals surface area contributed by atoms with Gasteiger partial charge in [0.1, 0.15) is 0 Å². The number of halogens is 1. The van der Waals surface area contributed by atoms with E-state index in [0.29, 0.717) is 21.8 Å². The zero-order valence-corrected chi connectivity index (χ0v) is 12.2. The summed E-state index contributed by atoms with van der Waals surface area (Å²) in [4.78, 5) is 12.8. The second-order valence-corrected chi connectivity index (χ2v) is 5.33. The molecular weight excluding hydrogens is 286 g/mol. The van der Waals surface area contributed by atoms with Crippen LogP contribution in [0.4, 0.5) is 0 Å². The molecule has 1 N–H and O–H groups in total. The highest BCUT2D eigenvalue weighted by Crippen LogP contribution is 2.25. The van der Waals surface area contributed by atoms with Gasteiger partial charge in [0, 0.05) is 5.69 Å². The van der Waals surface area contributed by atoms with Gasteiger partial charge in [0.15, 0.2) is 0 Å². The predicted molar refractivity (Wildman–Crippen MR) is 85.2 cm³/mol. The average molecular weight is 300 g/mol. The number of pyridine rings is 1. The Kier molecular flexibility index (Phi) is 3.53. The average Bonchev–Trinajstić information content (AvgIpc) is 2.47. The van der Waals surface area contributed by atoms with Crippen molar-refractivity contribution < 1.29 is 5.11 Å². The maximum absolute atomic E-state index is 12.8. The van der Waals surface area contributed by atoms with Crippen LogP contribution in [-0.4, -0.2) is 9.67 Å². The Bertz CT molecular complexity index is 854. The third-order valence-corrected chi connectivity index (χ3v) is 3.78. The van der Waals surface area contributed by atoms with Gasteiger partial charge in [-0.25, -0.2) is 0 Å². The monoisotopic (exact) mass is 299 g/mol. The second kappa shape index (κ2) is 5.35. The molecule has 21 heavy (non-hydrogen) atoms. The lowest BCUT2D eigenvalue weighted by atomic mass is 10.1. The molecule has 1 heterocycles. The third kappa shape index (κ3) is 2.35. The van der Waals surface area contributed by atoms with E-state index in [1.54, 1.807) is 25.1 Å². The van der Waals surface area contributed by atoms with Crippen molar-refractivity contribution >= 4 is 22.4 Å². The van der Waals surface area contributed by atoms with Crippen LogP contribution >= 0.6 is 11.6 Å². The number of fused-ring (bicyclic) bond motifs is 1. The summed E-state index contributed by atoms with van der Waals surface area (Å²) >= 11 is 6.18. The first kappa shape index (κ1) is 13.9. The normalized spacial score (nSPS) is 12.5. The SMILES string of the molecule is CC(O)c1cc2cccc(Cl)c2c(=O)n1-c1ccccc1. The first-order chi connectivity index (χ1) is 10.1. The number of rotatable bonds is 2. The third-order valence-electron chi connectivity index (χ3n) is 3.47. The molecule has 0 aliphatic carbocycles. The van der Waals surface area contributed by atoms with Crippen LogP contribution in [0.1, 0.15) is 18.7 Å². The fourth-order valence-corrected chi connectivity index (χ4v) is 2.75. The molecule has 3 aromatic rings. The van der Waals surface area contributed by atoms with Crippen molar-refractivity contribution in [3.05, 3.63) is 75.7 Å². The lowest BCUT2D eigenvalue weighted by Crippen LogP contribution is -2.23. The van der Waals surface area contributed by atoms with Crippen molar-refractivity contribution in [2.75, 3.05) is 0 Å². The van der Waals surface area contributed by atoms with Gasteiger partial charge in [-0.1, -0.05) is 41.9 Å².